The van der Waals surface area contributed by atoms with Crippen LogP contribution in [-0.2, 0) is 17.4 Å². The summed E-state index contributed by atoms with van der Waals surface area (Å²) in [6.07, 6.45) is -2.38. The first-order valence-electron chi connectivity index (χ1n) is 7.29. The Kier molecular flexibility index (Phi) is 3.98. The minimum atomic E-state index is -4.37. The molecule has 2 aromatic carbocycles. The van der Waals surface area contributed by atoms with Gasteiger partial charge in [-0.3, -0.25) is 4.79 Å². The van der Waals surface area contributed by atoms with Gasteiger partial charge in [0.1, 0.15) is 0 Å². The fourth-order valence-corrected chi connectivity index (χ4v) is 2.59. The number of benzene rings is 2. The molecular formula is C17H15F3N2O. The van der Waals surface area contributed by atoms with Crippen LogP contribution in [0.15, 0.2) is 42.5 Å². The summed E-state index contributed by atoms with van der Waals surface area (Å²) < 4.78 is 38.2. The van der Waals surface area contributed by atoms with Crippen LogP contribution in [0.5, 0.6) is 0 Å². The van der Waals surface area contributed by atoms with Crippen LogP contribution >= 0.6 is 0 Å². The van der Waals surface area contributed by atoms with Gasteiger partial charge in [-0.25, -0.2) is 0 Å². The Balaban J connectivity index is 1.84. The first-order valence-corrected chi connectivity index (χ1v) is 7.29. The molecule has 120 valence electrons. The van der Waals surface area contributed by atoms with Crippen molar-refractivity contribution >= 4 is 23.0 Å². The predicted octanol–water partition coefficient (Wildman–Crippen LogP) is 4.72. The summed E-state index contributed by atoms with van der Waals surface area (Å²) in [4.78, 5) is 11.5. The second-order valence-electron chi connectivity index (χ2n) is 5.48. The first kappa shape index (κ1) is 15.4. The number of carbonyl (C=O) groups excluding carboxylic acids is 1. The Morgan fingerprint density at radius 3 is 2.57 bits per heavy atom. The molecule has 0 bridgehead atoms. The second-order valence-corrected chi connectivity index (χ2v) is 5.48. The number of nitrogens with one attached hydrogen (secondary N) is 2. The molecule has 0 unspecified atom stereocenters. The van der Waals surface area contributed by atoms with Gasteiger partial charge in [0.15, 0.2) is 0 Å². The normalized spacial score (nSPS) is 14.7. The van der Waals surface area contributed by atoms with E-state index in [1.165, 1.54) is 6.07 Å². The van der Waals surface area contributed by atoms with Crippen molar-refractivity contribution in [1.29, 1.82) is 0 Å². The van der Waals surface area contributed by atoms with Crippen molar-refractivity contribution in [1.82, 2.24) is 0 Å². The Morgan fingerprint density at radius 2 is 1.78 bits per heavy atom. The fraction of sp³-hybridized carbons (Fsp3) is 0.235. The number of rotatable bonds is 2. The molecule has 1 aliphatic rings. The molecule has 3 rings (SSSR count). The molecule has 1 amide bonds. The maximum atomic E-state index is 12.7. The smallest absolute Gasteiger partial charge is 0.356 e. The predicted molar refractivity (Wildman–Crippen MR) is 82.7 cm³/mol. The molecule has 2 N–H and O–H groups in total. The molecule has 0 atom stereocenters. The molecule has 6 heteroatoms. The molecule has 0 fully saturated rings. The van der Waals surface area contributed by atoms with E-state index in [1.807, 2.05) is 6.07 Å². The van der Waals surface area contributed by atoms with Crippen LogP contribution in [0.2, 0.25) is 0 Å². The summed E-state index contributed by atoms with van der Waals surface area (Å²) in [7, 11) is 0. The number of anilines is 3. The number of hydrogen-bond donors (Lipinski definition) is 2. The van der Waals surface area contributed by atoms with Crippen LogP contribution in [0, 0.1) is 0 Å². The Bertz CT molecular complexity index is 741. The lowest BCUT2D eigenvalue weighted by Gasteiger charge is -2.13. The van der Waals surface area contributed by atoms with Crippen molar-refractivity contribution in [2.45, 2.75) is 25.4 Å². The van der Waals surface area contributed by atoms with Crippen LogP contribution in [0.1, 0.15) is 24.0 Å². The monoisotopic (exact) mass is 320 g/mol. The first-order chi connectivity index (χ1) is 10.9. The summed E-state index contributed by atoms with van der Waals surface area (Å²) in [5.41, 5.74) is 2.12. The highest BCUT2D eigenvalue weighted by molar-refractivity contribution is 5.92. The van der Waals surface area contributed by atoms with Gasteiger partial charge in [-0.05, 0) is 54.8 Å². The van der Waals surface area contributed by atoms with Crippen molar-refractivity contribution in [3.8, 4) is 0 Å². The molecule has 1 heterocycles. The average molecular weight is 320 g/mol. The van der Waals surface area contributed by atoms with Crippen molar-refractivity contribution in [2.75, 3.05) is 10.6 Å². The Hall–Kier alpha value is -2.50. The van der Waals surface area contributed by atoms with Crippen molar-refractivity contribution in [3.05, 3.63) is 53.6 Å². The molecule has 0 aromatic heterocycles. The highest BCUT2D eigenvalue weighted by Gasteiger charge is 2.30. The van der Waals surface area contributed by atoms with Crippen LogP contribution in [0.4, 0.5) is 30.2 Å². The zero-order valence-electron chi connectivity index (χ0n) is 12.2. The molecular weight excluding hydrogens is 305 g/mol. The molecule has 0 saturated heterocycles. The molecule has 23 heavy (non-hydrogen) atoms. The lowest BCUT2D eigenvalue weighted by molar-refractivity contribution is -0.137. The molecule has 1 aliphatic heterocycles. The molecule has 3 nitrogen and oxygen atoms in total. The third-order valence-electron chi connectivity index (χ3n) is 3.71. The average Bonchev–Trinajstić information content (AvgIpc) is 2.67. The van der Waals surface area contributed by atoms with Gasteiger partial charge in [-0.15, -0.1) is 0 Å². The topological polar surface area (TPSA) is 41.1 Å². The van der Waals surface area contributed by atoms with Gasteiger partial charge in [-0.1, -0.05) is 6.07 Å². The van der Waals surface area contributed by atoms with Crippen molar-refractivity contribution < 1.29 is 18.0 Å². The zero-order chi connectivity index (χ0) is 16.4. The van der Waals surface area contributed by atoms with E-state index in [0.29, 0.717) is 17.8 Å². The van der Waals surface area contributed by atoms with Crippen molar-refractivity contribution in [3.63, 3.8) is 0 Å². The third kappa shape index (κ3) is 3.64. The Labute approximate surface area is 131 Å². The van der Waals surface area contributed by atoms with Crippen LogP contribution in [0.25, 0.3) is 0 Å². The van der Waals surface area contributed by atoms with E-state index in [-0.39, 0.29) is 5.91 Å². The number of alkyl halides is 3. The molecule has 2 aromatic rings. The summed E-state index contributed by atoms with van der Waals surface area (Å²) in [6, 6.07) is 10.4. The van der Waals surface area contributed by atoms with E-state index < -0.39 is 11.7 Å². The van der Waals surface area contributed by atoms with E-state index in [1.54, 1.807) is 18.2 Å². The number of halogens is 3. The fourth-order valence-electron chi connectivity index (χ4n) is 2.59. The van der Waals surface area contributed by atoms with Gasteiger partial charge in [-0.2, -0.15) is 13.2 Å². The minimum absolute atomic E-state index is 0.0117. The van der Waals surface area contributed by atoms with E-state index in [2.05, 4.69) is 10.6 Å². The molecule has 0 aliphatic carbocycles. The van der Waals surface area contributed by atoms with Gasteiger partial charge in [0, 0.05) is 23.5 Å². The largest absolute Gasteiger partial charge is 0.416 e. The van der Waals surface area contributed by atoms with Crippen LogP contribution in [-0.4, -0.2) is 5.91 Å². The van der Waals surface area contributed by atoms with Gasteiger partial charge >= 0.3 is 6.18 Å². The molecule has 0 saturated carbocycles. The van der Waals surface area contributed by atoms with E-state index in [0.717, 1.165) is 36.2 Å². The SMILES string of the molecule is O=C1CCCc2cc(Nc3cccc(C(F)(F)F)c3)ccc2N1. The zero-order valence-corrected chi connectivity index (χ0v) is 12.2. The maximum Gasteiger partial charge on any atom is 0.416 e. The second kappa shape index (κ2) is 5.95. The quantitative estimate of drug-likeness (QED) is 0.840. The van der Waals surface area contributed by atoms with Crippen LogP contribution < -0.4 is 10.6 Å². The number of hydrogen-bond acceptors (Lipinski definition) is 2. The highest BCUT2D eigenvalue weighted by Crippen LogP contribution is 2.32. The van der Waals surface area contributed by atoms with E-state index in [9.17, 15) is 18.0 Å². The van der Waals surface area contributed by atoms with E-state index >= 15 is 0 Å². The van der Waals surface area contributed by atoms with Gasteiger partial charge < -0.3 is 10.6 Å². The van der Waals surface area contributed by atoms with Gasteiger partial charge in [0.05, 0.1) is 5.56 Å². The molecule has 0 radical (unpaired) electrons. The minimum Gasteiger partial charge on any atom is -0.356 e. The lowest BCUT2D eigenvalue weighted by Crippen LogP contribution is -2.09. The van der Waals surface area contributed by atoms with Gasteiger partial charge in [0.25, 0.3) is 0 Å². The van der Waals surface area contributed by atoms with E-state index in [4.69, 9.17) is 0 Å². The van der Waals surface area contributed by atoms with Crippen LogP contribution in [0.3, 0.4) is 0 Å². The third-order valence-corrected chi connectivity index (χ3v) is 3.71. The number of amides is 1. The highest BCUT2D eigenvalue weighted by atomic mass is 19.4. The summed E-state index contributed by atoms with van der Waals surface area (Å²) in [6.45, 7) is 0. The van der Waals surface area contributed by atoms with Crippen molar-refractivity contribution in [2.24, 2.45) is 0 Å². The number of aryl methyl sites for hydroxylation is 1. The lowest BCUT2D eigenvalue weighted by atomic mass is 10.1. The number of fused-ring (bicyclic) bond motifs is 1. The summed E-state index contributed by atoms with van der Waals surface area (Å²) in [5, 5.41) is 5.81. The summed E-state index contributed by atoms with van der Waals surface area (Å²) in [5.74, 6) is -0.0117. The summed E-state index contributed by atoms with van der Waals surface area (Å²) >= 11 is 0. The standard InChI is InChI=1S/C17H15F3N2O/c18-17(19,20)12-4-2-5-13(10-12)21-14-7-8-15-11(9-14)3-1-6-16(23)22-15/h2,4-5,7-10,21H,1,3,6H2,(H,22,23). The molecule has 0 spiro atoms. The maximum absolute atomic E-state index is 12.7. The Morgan fingerprint density at radius 1 is 1.00 bits per heavy atom. The number of carbonyl (C=O) groups is 1. The van der Waals surface area contributed by atoms with Gasteiger partial charge in [0.2, 0.25) is 5.91 Å².